The number of aryl methyl sites for hydroxylation is 1. The van der Waals surface area contributed by atoms with E-state index >= 15 is 0 Å². The summed E-state index contributed by atoms with van der Waals surface area (Å²) in [7, 11) is 0. The average Bonchev–Trinajstić information content (AvgIpc) is 2.63. The summed E-state index contributed by atoms with van der Waals surface area (Å²) in [6, 6.07) is 18.9. The van der Waals surface area contributed by atoms with Gasteiger partial charge in [0.2, 0.25) is 5.91 Å². The van der Waals surface area contributed by atoms with E-state index in [9.17, 15) is 4.79 Å². The molecule has 1 fully saturated rings. The standard InChI is InChI=1S/C22H29N3O/c1-18-7-6-8-20(15-18)16-22(26)23-19(2)17-24-11-13-25(14-12-24)21-9-4-3-5-10-21/h3-10,15,19H,11-14,16-17H2,1-2H3,(H,23,26). The number of carbonyl (C=O) groups is 1. The predicted molar refractivity (Wildman–Crippen MR) is 108 cm³/mol. The van der Waals surface area contributed by atoms with Gasteiger partial charge in [0.05, 0.1) is 6.42 Å². The molecule has 26 heavy (non-hydrogen) atoms. The van der Waals surface area contributed by atoms with Gasteiger partial charge in [-0.3, -0.25) is 9.69 Å². The third-order valence-corrected chi connectivity index (χ3v) is 4.88. The Kier molecular flexibility index (Phi) is 6.29. The van der Waals surface area contributed by atoms with Crippen molar-refractivity contribution >= 4 is 11.6 Å². The second kappa shape index (κ2) is 8.86. The summed E-state index contributed by atoms with van der Waals surface area (Å²) in [5, 5.41) is 3.14. The van der Waals surface area contributed by atoms with E-state index in [4.69, 9.17) is 0 Å². The van der Waals surface area contributed by atoms with Crippen molar-refractivity contribution in [3.05, 3.63) is 65.7 Å². The zero-order chi connectivity index (χ0) is 18.4. The van der Waals surface area contributed by atoms with Gasteiger partial charge in [-0.1, -0.05) is 48.0 Å². The molecule has 0 spiro atoms. The minimum Gasteiger partial charge on any atom is -0.369 e. The highest BCUT2D eigenvalue weighted by atomic mass is 16.1. The molecule has 3 rings (SSSR count). The zero-order valence-corrected chi connectivity index (χ0v) is 15.8. The van der Waals surface area contributed by atoms with E-state index in [0.717, 1.165) is 38.3 Å². The van der Waals surface area contributed by atoms with Gasteiger partial charge < -0.3 is 10.2 Å². The van der Waals surface area contributed by atoms with Crippen molar-refractivity contribution in [2.24, 2.45) is 0 Å². The van der Waals surface area contributed by atoms with E-state index in [1.54, 1.807) is 0 Å². The summed E-state index contributed by atoms with van der Waals surface area (Å²) in [6.45, 7) is 9.20. The fourth-order valence-electron chi connectivity index (χ4n) is 3.59. The third-order valence-electron chi connectivity index (χ3n) is 4.88. The molecule has 0 aromatic heterocycles. The van der Waals surface area contributed by atoms with Gasteiger partial charge in [0.1, 0.15) is 0 Å². The highest BCUT2D eigenvalue weighted by Crippen LogP contribution is 2.15. The van der Waals surface area contributed by atoms with Gasteiger partial charge >= 0.3 is 0 Å². The van der Waals surface area contributed by atoms with Gasteiger partial charge in [-0.2, -0.15) is 0 Å². The number of hydrogen-bond acceptors (Lipinski definition) is 3. The van der Waals surface area contributed by atoms with Crippen LogP contribution in [0.4, 0.5) is 5.69 Å². The molecule has 0 bridgehead atoms. The maximum Gasteiger partial charge on any atom is 0.224 e. The number of anilines is 1. The molecule has 1 heterocycles. The fourth-order valence-corrected chi connectivity index (χ4v) is 3.59. The third kappa shape index (κ3) is 5.33. The zero-order valence-electron chi connectivity index (χ0n) is 15.8. The number of piperazine rings is 1. The smallest absolute Gasteiger partial charge is 0.224 e. The molecule has 2 aromatic rings. The van der Waals surface area contributed by atoms with Crippen LogP contribution in [0.1, 0.15) is 18.1 Å². The molecule has 0 radical (unpaired) electrons. The number of benzene rings is 2. The molecule has 1 aliphatic heterocycles. The molecule has 4 nitrogen and oxygen atoms in total. The molecular formula is C22H29N3O. The van der Waals surface area contributed by atoms with Crippen molar-refractivity contribution in [1.82, 2.24) is 10.2 Å². The second-order valence-electron chi connectivity index (χ2n) is 7.26. The lowest BCUT2D eigenvalue weighted by Gasteiger charge is -2.37. The Hall–Kier alpha value is -2.33. The van der Waals surface area contributed by atoms with Gasteiger partial charge in [-0.25, -0.2) is 0 Å². The van der Waals surface area contributed by atoms with Crippen LogP contribution in [0.2, 0.25) is 0 Å². The Morgan fingerprint density at radius 3 is 2.46 bits per heavy atom. The highest BCUT2D eigenvalue weighted by molar-refractivity contribution is 5.78. The van der Waals surface area contributed by atoms with Crippen LogP contribution in [0, 0.1) is 6.92 Å². The number of nitrogens with zero attached hydrogens (tertiary/aromatic N) is 2. The van der Waals surface area contributed by atoms with Crippen molar-refractivity contribution < 1.29 is 4.79 Å². The van der Waals surface area contributed by atoms with Gasteiger partial charge in [0, 0.05) is 44.5 Å². The van der Waals surface area contributed by atoms with Crippen molar-refractivity contribution in [3.63, 3.8) is 0 Å². The SMILES string of the molecule is Cc1cccc(CC(=O)NC(C)CN2CCN(c3ccccc3)CC2)c1. The minimum absolute atomic E-state index is 0.103. The van der Waals surface area contributed by atoms with Gasteiger partial charge in [-0.15, -0.1) is 0 Å². The number of carbonyl (C=O) groups excluding carboxylic acids is 1. The monoisotopic (exact) mass is 351 g/mol. The summed E-state index contributed by atoms with van der Waals surface area (Å²) in [5.74, 6) is 0.103. The number of nitrogens with one attached hydrogen (secondary N) is 1. The van der Waals surface area contributed by atoms with Crippen molar-refractivity contribution in [3.8, 4) is 0 Å². The average molecular weight is 351 g/mol. The van der Waals surface area contributed by atoms with Crippen molar-refractivity contribution in [2.75, 3.05) is 37.6 Å². The van der Waals surface area contributed by atoms with E-state index in [2.05, 4.69) is 71.4 Å². The molecule has 138 valence electrons. The predicted octanol–water partition coefficient (Wildman–Crippen LogP) is 2.86. The van der Waals surface area contributed by atoms with Crippen LogP contribution in [0.15, 0.2) is 54.6 Å². The lowest BCUT2D eigenvalue weighted by atomic mass is 10.1. The normalized spacial score (nSPS) is 16.3. The Labute approximate surface area is 156 Å². The fraction of sp³-hybridized carbons (Fsp3) is 0.409. The van der Waals surface area contributed by atoms with Crippen LogP contribution in [0.25, 0.3) is 0 Å². The minimum atomic E-state index is 0.103. The molecule has 1 aliphatic rings. The van der Waals surface area contributed by atoms with E-state index in [0.29, 0.717) is 6.42 Å². The summed E-state index contributed by atoms with van der Waals surface area (Å²) >= 11 is 0. The topological polar surface area (TPSA) is 35.6 Å². The summed E-state index contributed by atoms with van der Waals surface area (Å²) < 4.78 is 0. The molecule has 1 amide bonds. The molecule has 1 unspecified atom stereocenters. The van der Waals surface area contributed by atoms with Gasteiger partial charge in [0.15, 0.2) is 0 Å². The van der Waals surface area contributed by atoms with Crippen LogP contribution >= 0.6 is 0 Å². The maximum atomic E-state index is 12.3. The van der Waals surface area contributed by atoms with Crippen LogP contribution in [-0.4, -0.2) is 49.6 Å². The van der Waals surface area contributed by atoms with Gasteiger partial charge in [0.25, 0.3) is 0 Å². The molecular weight excluding hydrogens is 322 g/mol. The molecule has 1 N–H and O–H groups in total. The Morgan fingerprint density at radius 2 is 1.77 bits per heavy atom. The first-order chi connectivity index (χ1) is 12.6. The molecule has 4 heteroatoms. The number of para-hydroxylation sites is 1. The molecule has 0 saturated carbocycles. The first-order valence-corrected chi connectivity index (χ1v) is 9.47. The van der Waals surface area contributed by atoms with Crippen molar-refractivity contribution in [2.45, 2.75) is 26.3 Å². The molecule has 1 saturated heterocycles. The largest absolute Gasteiger partial charge is 0.369 e. The first kappa shape index (κ1) is 18.5. The van der Waals surface area contributed by atoms with Crippen LogP contribution < -0.4 is 10.2 Å². The molecule has 2 aromatic carbocycles. The number of rotatable bonds is 6. The molecule has 1 atom stereocenters. The first-order valence-electron chi connectivity index (χ1n) is 9.47. The van der Waals surface area contributed by atoms with Crippen LogP contribution in [-0.2, 0) is 11.2 Å². The van der Waals surface area contributed by atoms with Crippen molar-refractivity contribution in [1.29, 1.82) is 0 Å². The Morgan fingerprint density at radius 1 is 1.04 bits per heavy atom. The summed E-state index contributed by atoms with van der Waals surface area (Å²) in [4.78, 5) is 17.1. The van der Waals surface area contributed by atoms with Crippen LogP contribution in [0.3, 0.4) is 0 Å². The highest BCUT2D eigenvalue weighted by Gasteiger charge is 2.19. The lowest BCUT2D eigenvalue weighted by molar-refractivity contribution is -0.121. The second-order valence-corrected chi connectivity index (χ2v) is 7.26. The number of amides is 1. The Balaban J connectivity index is 1.41. The Bertz CT molecular complexity index is 708. The maximum absolute atomic E-state index is 12.3. The lowest BCUT2D eigenvalue weighted by Crippen LogP contribution is -2.51. The summed E-state index contributed by atoms with van der Waals surface area (Å²) in [6.07, 6.45) is 0.452. The summed E-state index contributed by atoms with van der Waals surface area (Å²) in [5.41, 5.74) is 3.57. The van der Waals surface area contributed by atoms with Crippen LogP contribution in [0.5, 0.6) is 0 Å². The molecule has 0 aliphatic carbocycles. The van der Waals surface area contributed by atoms with E-state index in [1.165, 1.54) is 11.3 Å². The quantitative estimate of drug-likeness (QED) is 0.869. The van der Waals surface area contributed by atoms with Gasteiger partial charge in [-0.05, 0) is 31.5 Å². The number of hydrogen-bond donors (Lipinski definition) is 1. The van der Waals surface area contributed by atoms with E-state index < -0.39 is 0 Å². The van der Waals surface area contributed by atoms with E-state index in [1.807, 2.05) is 12.1 Å². The van der Waals surface area contributed by atoms with E-state index in [-0.39, 0.29) is 11.9 Å².